The van der Waals surface area contributed by atoms with E-state index in [-0.39, 0.29) is 19.7 Å². The Morgan fingerprint density at radius 3 is 2.78 bits per heavy atom. The van der Waals surface area contributed by atoms with Gasteiger partial charge < -0.3 is 15.2 Å². The molecular formula is C12H16N2O4. The Balaban J connectivity index is 2.31. The van der Waals surface area contributed by atoms with Crippen molar-refractivity contribution in [2.75, 3.05) is 20.2 Å². The first-order valence-corrected chi connectivity index (χ1v) is 5.39. The third kappa shape index (κ3) is 5.31. The summed E-state index contributed by atoms with van der Waals surface area (Å²) in [7, 11) is 1.57. The highest BCUT2D eigenvalue weighted by Gasteiger charge is 2.04. The van der Waals surface area contributed by atoms with Crippen molar-refractivity contribution in [3.05, 3.63) is 29.8 Å². The Kier molecular flexibility index (Phi) is 5.66. The Bertz CT molecular complexity index is 420. The van der Waals surface area contributed by atoms with Crippen LogP contribution in [0, 0.1) is 0 Å². The maximum Gasteiger partial charge on any atom is 0.320 e. The average molecular weight is 252 g/mol. The van der Waals surface area contributed by atoms with Crippen LogP contribution >= 0.6 is 0 Å². The summed E-state index contributed by atoms with van der Waals surface area (Å²) in [6.45, 7) is 0.0649. The number of benzene rings is 1. The highest BCUT2D eigenvalue weighted by atomic mass is 16.5. The molecule has 1 amide bonds. The lowest BCUT2D eigenvalue weighted by molar-refractivity contribution is -0.143. The maximum absolute atomic E-state index is 11.3. The fourth-order valence-corrected chi connectivity index (χ4v) is 1.26. The van der Waals surface area contributed by atoms with Crippen LogP contribution in [0.3, 0.4) is 0 Å². The molecule has 0 radical (unpaired) electrons. The second-order valence-corrected chi connectivity index (χ2v) is 3.58. The molecule has 0 aliphatic rings. The van der Waals surface area contributed by atoms with E-state index < -0.39 is 11.9 Å². The van der Waals surface area contributed by atoms with E-state index in [1.807, 2.05) is 12.1 Å². The van der Waals surface area contributed by atoms with Gasteiger partial charge in [-0.05, 0) is 17.7 Å². The summed E-state index contributed by atoms with van der Waals surface area (Å²) in [6, 6.07) is 7.23. The molecule has 1 aromatic rings. The molecule has 98 valence electrons. The van der Waals surface area contributed by atoms with Crippen LogP contribution in [-0.2, 0) is 20.9 Å². The first-order chi connectivity index (χ1) is 8.61. The third-order valence-corrected chi connectivity index (χ3v) is 2.10. The van der Waals surface area contributed by atoms with Crippen LogP contribution in [0.15, 0.2) is 24.3 Å². The van der Waals surface area contributed by atoms with E-state index >= 15 is 0 Å². The van der Waals surface area contributed by atoms with E-state index in [1.54, 1.807) is 19.2 Å². The summed E-state index contributed by atoms with van der Waals surface area (Å²) < 4.78 is 10.0. The fraction of sp³-hybridized carbons (Fsp3) is 0.333. The molecule has 0 spiro atoms. The van der Waals surface area contributed by atoms with Crippen LogP contribution in [0.2, 0.25) is 0 Å². The van der Waals surface area contributed by atoms with E-state index in [1.165, 1.54) is 0 Å². The molecule has 3 N–H and O–H groups in total. The highest BCUT2D eigenvalue weighted by molar-refractivity contribution is 5.77. The monoisotopic (exact) mass is 252 g/mol. The number of primary amides is 1. The lowest BCUT2D eigenvalue weighted by Crippen LogP contribution is -2.33. The van der Waals surface area contributed by atoms with Crippen LogP contribution in [0.5, 0.6) is 5.75 Å². The molecule has 6 nitrogen and oxygen atoms in total. The Hall–Kier alpha value is -2.08. The van der Waals surface area contributed by atoms with Gasteiger partial charge >= 0.3 is 5.97 Å². The number of nitrogens with two attached hydrogens (primary N) is 1. The van der Waals surface area contributed by atoms with Gasteiger partial charge in [-0.15, -0.1) is 0 Å². The summed E-state index contributed by atoms with van der Waals surface area (Å²) >= 11 is 0. The minimum Gasteiger partial charge on any atom is -0.497 e. The van der Waals surface area contributed by atoms with Gasteiger partial charge in [0, 0.05) is 0 Å². The van der Waals surface area contributed by atoms with Crippen molar-refractivity contribution in [2.45, 2.75) is 6.61 Å². The predicted octanol–water partition coefficient (Wildman–Crippen LogP) is -0.187. The first-order valence-electron chi connectivity index (χ1n) is 5.39. The van der Waals surface area contributed by atoms with E-state index in [0.29, 0.717) is 5.75 Å². The zero-order chi connectivity index (χ0) is 13.4. The van der Waals surface area contributed by atoms with E-state index in [4.69, 9.17) is 15.2 Å². The van der Waals surface area contributed by atoms with E-state index in [0.717, 1.165) is 5.56 Å². The SMILES string of the molecule is COc1cccc(COC(=O)CNCC(N)=O)c1. The van der Waals surface area contributed by atoms with Gasteiger partial charge in [0.25, 0.3) is 0 Å². The van der Waals surface area contributed by atoms with Crippen LogP contribution in [0.4, 0.5) is 0 Å². The molecule has 0 fully saturated rings. The number of hydrogen-bond acceptors (Lipinski definition) is 5. The predicted molar refractivity (Wildman–Crippen MR) is 64.9 cm³/mol. The number of esters is 1. The number of rotatable bonds is 7. The zero-order valence-electron chi connectivity index (χ0n) is 10.1. The number of ether oxygens (including phenoxy) is 2. The summed E-state index contributed by atoms with van der Waals surface area (Å²) in [4.78, 5) is 21.7. The molecule has 0 heterocycles. The van der Waals surface area contributed by atoms with Crippen molar-refractivity contribution in [1.29, 1.82) is 0 Å². The van der Waals surface area contributed by atoms with Gasteiger partial charge in [0.15, 0.2) is 0 Å². The van der Waals surface area contributed by atoms with Gasteiger partial charge in [0.1, 0.15) is 12.4 Å². The summed E-state index contributed by atoms with van der Waals surface area (Å²) in [5.74, 6) is -0.259. The van der Waals surface area contributed by atoms with Gasteiger partial charge in [-0.3, -0.25) is 14.9 Å². The first kappa shape index (κ1) is 14.0. The second kappa shape index (κ2) is 7.29. The lowest BCUT2D eigenvalue weighted by atomic mass is 10.2. The molecule has 0 bridgehead atoms. The minimum atomic E-state index is -0.518. The number of methoxy groups -OCH3 is 1. The molecular weight excluding hydrogens is 236 g/mol. The second-order valence-electron chi connectivity index (χ2n) is 3.58. The number of nitrogens with one attached hydrogen (secondary N) is 1. The van der Waals surface area contributed by atoms with Gasteiger partial charge in [-0.2, -0.15) is 0 Å². The molecule has 1 aromatic carbocycles. The lowest BCUT2D eigenvalue weighted by Gasteiger charge is -2.06. The molecule has 0 aromatic heterocycles. The van der Waals surface area contributed by atoms with E-state index in [9.17, 15) is 9.59 Å². The zero-order valence-corrected chi connectivity index (χ0v) is 10.1. The van der Waals surface area contributed by atoms with Crippen LogP contribution in [-0.4, -0.2) is 32.1 Å². The van der Waals surface area contributed by atoms with E-state index in [2.05, 4.69) is 5.32 Å². The molecule has 0 saturated carbocycles. The van der Waals surface area contributed by atoms with Crippen molar-refractivity contribution in [3.63, 3.8) is 0 Å². The summed E-state index contributed by atoms with van der Waals surface area (Å²) in [6.07, 6.45) is 0. The molecule has 6 heteroatoms. The topological polar surface area (TPSA) is 90.7 Å². The molecule has 0 aliphatic heterocycles. The van der Waals surface area contributed by atoms with Crippen LogP contribution in [0.25, 0.3) is 0 Å². The smallest absolute Gasteiger partial charge is 0.320 e. The number of carbonyl (C=O) groups is 2. The quantitative estimate of drug-likeness (QED) is 0.656. The largest absolute Gasteiger partial charge is 0.497 e. The molecule has 0 atom stereocenters. The van der Waals surface area contributed by atoms with Crippen LogP contribution < -0.4 is 15.8 Å². The van der Waals surface area contributed by atoms with Crippen LogP contribution in [0.1, 0.15) is 5.56 Å². The molecule has 18 heavy (non-hydrogen) atoms. The summed E-state index contributed by atoms with van der Waals surface area (Å²) in [5, 5.41) is 2.57. The molecule has 0 saturated heterocycles. The minimum absolute atomic E-state index is 0.0474. The standard InChI is InChI=1S/C12H16N2O4/c1-17-10-4-2-3-9(5-10)8-18-12(16)7-14-6-11(13)15/h2-5,14H,6-8H2,1H3,(H2,13,15). The van der Waals surface area contributed by atoms with Crippen molar-refractivity contribution in [2.24, 2.45) is 5.73 Å². The number of amides is 1. The third-order valence-electron chi connectivity index (χ3n) is 2.10. The summed E-state index contributed by atoms with van der Waals surface area (Å²) in [5.41, 5.74) is 5.74. The van der Waals surface area contributed by atoms with Gasteiger partial charge in [-0.1, -0.05) is 12.1 Å². The Labute approximate surface area is 105 Å². The maximum atomic E-state index is 11.3. The molecule has 0 unspecified atom stereocenters. The Morgan fingerprint density at radius 2 is 2.11 bits per heavy atom. The molecule has 0 aliphatic carbocycles. The van der Waals surface area contributed by atoms with Gasteiger partial charge in [-0.25, -0.2) is 0 Å². The number of hydrogen-bond donors (Lipinski definition) is 2. The van der Waals surface area contributed by atoms with Gasteiger partial charge in [0.2, 0.25) is 5.91 Å². The van der Waals surface area contributed by atoms with Crippen molar-refractivity contribution < 1.29 is 19.1 Å². The van der Waals surface area contributed by atoms with Crippen molar-refractivity contribution in [1.82, 2.24) is 5.32 Å². The normalized spacial score (nSPS) is 9.83. The van der Waals surface area contributed by atoms with Crippen molar-refractivity contribution >= 4 is 11.9 Å². The average Bonchev–Trinajstić information content (AvgIpc) is 2.36. The number of carbonyl (C=O) groups excluding carboxylic acids is 2. The van der Waals surface area contributed by atoms with Crippen molar-refractivity contribution in [3.8, 4) is 5.75 Å². The fourth-order valence-electron chi connectivity index (χ4n) is 1.26. The van der Waals surface area contributed by atoms with Gasteiger partial charge in [0.05, 0.1) is 20.2 Å². The molecule has 1 rings (SSSR count). The Morgan fingerprint density at radius 1 is 1.33 bits per heavy atom. The highest BCUT2D eigenvalue weighted by Crippen LogP contribution is 2.13.